The van der Waals surface area contributed by atoms with E-state index in [0.29, 0.717) is 0 Å². The molecule has 0 spiro atoms. The first-order valence-corrected chi connectivity index (χ1v) is 6.42. The predicted octanol–water partition coefficient (Wildman–Crippen LogP) is 0.357. The van der Waals surface area contributed by atoms with E-state index in [1.165, 1.54) is 6.08 Å². The Labute approximate surface area is 100 Å². The topological polar surface area (TPSA) is 83.8 Å². The van der Waals surface area contributed by atoms with Crippen molar-refractivity contribution in [1.82, 2.24) is 0 Å². The molecule has 94 valence electrons. The van der Waals surface area contributed by atoms with Gasteiger partial charge in [-0.25, -0.2) is 0 Å². The summed E-state index contributed by atoms with van der Waals surface area (Å²) in [4.78, 5) is 0. The summed E-state index contributed by atoms with van der Waals surface area (Å²) in [6.45, 7) is -1.00. The first-order valence-electron chi connectivity index (χ1n) is 4.95. The first-order chi connectivity index (χ1) is 8.03. The molecule has 5 nitrogen and oxygen atoms in total. The molecule has 1 aromatic carbocycles. The molecule has 2 N–H and O–H groups in total. The SMILES string of the molecule is O=S(=O)(C=Cc1ccccc1)OCC(O)CO. The van der Waals surface area contributed by atoms with Crippen LogP contribution in [0.4, 0.5) is 0 Å². The number of benzene rings is 1. The molecule has 0 amide bonds. The predicted molar refractivity (Wildman–Crippen MR) is 63.4 cm³/mol. The molecule has 0 aliphatic rings. The highest BCUT2D eigenvalue weighted by Crippen LogP contribution is 2.05. The average Bonchev–Trinajstić information content (AvgIpc) is 2.35. The van der Waals surface area contributed by atoms with E-state index in [-0.39, 0.29) is 0 Å². The lowest BCUT2D eigenvalue weighted by Gasteiger charge is -2.05. The highest BCUT2D eigenvalue weighted by molar-refractivity contribution is 7.89. The monoisotopic (exact) mass is 258 g/mol. The van der Waals surface area contributed by atoms with Gasteiger partial charge in [0, 0.05) is 0 Å². The molecule has 0 bridgehead atoms. The van der Waals surface area contributed by atoms with Crippen molar-refractivity contribution in [2.24, 2.45) is 0 Å². The summed E-state index contributed by atoms with van der Waals surface area (Å²) in [5.74, 6) is 0. The molecule has 0 aromatic heterocycles. The minimum absolute atomic E-state index is 0.460. The second kappa shape index (κ2) is 6.51. The van der Waals surface area contributed by atoms with Crippen molar-refractivity contribution < 1.29 is 22.8 Å². The highest BCUT2D eigenvalue weighted by atomic mass is 32.2. The molecular formula is C11H14O5S. The number of hydrogen-bond acceptors (Lipinski definition) is 5. The zero-order valence-electron chi connectivity index (χ0n) is 9.06. The van der Waals surface area contributed by atoms with Crippen LogP contribution < -0.4 is 0 Å². The van der Waals surface area contributed by atoms with E-state index in [1.54, 1.807) is 24.3 Å². The summed E-state index contributed by atoms with van der Waals surface area (Å²) < 4.78 is 27.1. The summed E-state index contributed by atoms with van der Waals surface area (Å²) >= 11 is 0. The molecule has 1 atom stereocenters. The zero-order valence-corrected chi connectivity index (χ0v) is 9.88. The van der Waals surface area contributed by atoms with E-state index >= 15 is 0 Å². The first kappa shape index (κ1) is 13.9. The van der Waals surface area contributed by atoms with Gasteiger partial charge in [-0.2, -0.15) is 8.42 Å². The molecule has 0 saturated carbocycles. The molecule has 0 saturated heterocycles. The lowest BCUT2D eigenvalue weighted by atomic mass is 10.2. The third-order valence-corrected chi connectivity index (χ3v) is 2.80. The second-order valence-electron chi connectivity index (χ2n) is 3.33. The Kier molecular flexibility index (Phi) is 5.30. The summed E-state index contributed by atoms with van der Waals surface area (Å²) in [7, 11) is -3.84. The number of aliphatic hydroxyl groups is 2. The van der Waals surface area contributed by atoms with Crippen molar-refractivity contribution in [1.29, 1.82) is 0 Å². The summed E-state index contributed by atoms with van der Waals surface area (Å²) in [6.07, 6.45) is 0.190. The molecule has 1 aromatic rings. The van der Waals surface area contributed by atoms with Crippen molar-refractivity contribution in [3.63, 3.8) is 0 Å². The zero-order chi connectivity index (χ0) is 12.7. The van der Waals surface area contributed by atoms with Gasteiger partial charge in [0.2, 0.25) is 0 Å². The number of rotatable bonds is 6. The van der Waals surface area contributed by atoms with Crippen LogP contribution in [0.25, 0.3) is 6.08 Å². The smallest absolute Gasteiger partial charge is 0.290 e. The third kappa shape index (κ3) is 5.60. The third-order valence-electron chi connectivity index (χ3n) is 1.86. The van der Waals surface area contributed by atoms with Crippen LogP contribution in [0.15, 0.2) is 35.7 Å². The van der Waals surface area contributed by atoms with E-state index in [9.17, 15) is 8.42 Å². The minimum Gasteiger partial charge on any atom is -0.394 e. The van der Waals surface area contributed by atoms with E-state index in [4.69, 9.17) is 10.2 Å². The highest BCUT2D eigenvalue weighted by Gasteiger charge is 2.10. The molecule has 6 heteroatoms. The number of hydrogen-bond donors (Lipinski definition) is 2. The van der Waals surface area contributed by atoms with Crippen LogP contribution in [0.1, 0.15) is 5.56 Å². The van der Waals surface area contributed by atoms with Gasteiger partial charge in [0.1, 0.15) is 6.10 Å². The van der Waals surface area contributed by atoms with Gasteiger partial charge in [-0.1, -0.05) is 30.3 Å². The van der Waals surface area contributed by atoms with Crippen molar-refractivity contribution in [3.8, 4) is 0 Å². The Morgan fingerprint density at radius 2 is 1.94 bits per heavy atom. The van der Waals surface area contributed by atoms with Gasteiger partial charge in [-0.15, -0.1) is 0 Å². The molecule has 1 rings (SSSR count). The molecule has 0 fully saturated rings. The van der Waals surface area contributed by atoms with Crippen molar-refractivity contribution in [2.45, 2.75) is 6.10 Å². The summed E-state index contributed by atoms with van der Waals surface area (Å²) in [6, 6.07) is 8.87. The maximum absolute atomic E-state index is 11.3. The lowest BCUT2D eigenvalue weighted by molar-refractivity contribution is 0.0563. The van der Waals surface area contributed by atoms with Crippen LogP contribution in [0.5, 0.6) is 0 Å². The van der Waals surface area contributed by atoms with Crippen LogP contribution in [0.2, 0.25) is 0 Å². The minimum atomic E-state index is -3.84. The van der Waals surface area contributed by atoms with Crippen LogP contribution in [0.3, 0.4) is 0 Å². The molecule has 0 radical (unpaired) electrons. The fourth-order valence-electron chi connectivity index (χ4n) is 0.991. The van der Waals surface area contributed by atoms with E-state index < -0.39 is 29.4 Å². The lowest BCUT2D eigenvalue weighted by Crippen LogP contribution is -2.21. The van der Waals surface area contributed by atoms with Crippen LogP contribution >= 0.6 is 0 Å². The molecule has 0 aliphatic heterocycles. The Bertz CT molecular complexity index is 452. The van der Waals surface area contributed by atoms with Crippen molar-refractivity contribution in [2.75, 3.05) is 13.2 Å². The Morgan fingerprint density at radius 1 is 1.29 bits per heavy atom. The van der Waals surface area contributed by atoms with E-state index in [2.05, 4.69) is 4.18 Å². The number of aliphatic hydroxyl groups excluding tert-OH is 2. The van der Waals surface area contributed by atoms with Gasteiger partial charge in [0.25, 0.3) is 10.1 Å². The van der Waals surface area contributed by atoms with Gasteiger partial charge in [0.05, 0.1) is 18.6 Å². The van der Waals surface area contributed by atoms with E-state index in [0.717, 1.165) is 11.0 Å². The molecule has 0 heterocycles. The molecular weight excluding hydrogens is 244 g/mol. The normalized spacial score (nSPS) is 14.0. The summed E-state index contributed by atoms with van der Waals surface area (Å²) in [5.41, 5.74) is 0.724. The van der Waals surface area contributed by atoms with Crippen molar-refractivity contribution in [3.05, 3.63) is 41.3 Å². The van der Waals surface area contributed by atoms with E-state index in [1.807, 2.05) is 6.07 Å². The Hall–Kier alpha value is -1.21. The largest absolute Gasteiger partial charge is 0.394 e. The van der Waals surface area contributed by atoms with Gasteiger partial charge in [-0.3, -0.25) is 4.18 Å². The molecule has 0 aliphatic carbocycles. The second-order valence-corrected chi connectivity index (χ2v) is 4.82. The van der Waals surface area contributed by atoms with Gasteiger partial charge >= 0.3 is 0 Å². The Morgan fingerprint density at radius 3 is 2.53 bits per heavy atom. The molecule has 17 heavy (non-hydrogen) atoms. The standard InChI is InChI=1S/C11H14O5S/c12-8-11(13)9-16-17(14,15)7-6-10-4-2-1-3-5-10/h1-7,11-13H,8-9H2. The quantitative estimate of drug-likeness (QED) is 0.720. The van der Waals surface area contributed by atoms with Crippen molar-refractivity contribution >= 4 is 16.2 Å². The van der Waals surface area contributed by atoms with Gasteiger partial charge in [-0.05, 0) is 11.6 Å². The van der Waals surface area contributed by atoms with Gasteiger partial charge < -0.3 is 10.2 Å². The van der Waals surface area contributed by atoms with Gasteiger partial charge in [0.15, 0.2) is 0 Å². The molecule has 1 unspecified atom stereocenters. The average molecular weight is 258 g/mol. The fraction of sp³-hybridized carbons (Fsp3) is 0.273. The fourth-order valence-corrected chi connectivity index (χ4v) is 1.74. The maximum Gasteiger partial charge on any atom is 0.290 e. The maximum atomic E-state index is 11.3. The van der Waals surface area contributed by atoms with Crippen LogP contribution in [0, 0.1) is 0 Å². The van der Waals surface area contributed by atoms with Crippen LogP contribution in [-0.2, 0) is 14.3 Å². The van der Waals surface area contributed by atoms with Crippen LogP contribution in [-0.4, -0.2) is 37.9 Å². The Balaban J connectivity index is 2.58. The summed E-state index contributed by atoms with van der Waals surface area (Å²) in [5, 5.41) is 18.3.